The van der Waals surface area contributed by atoms with Gasteiger partial charge in [-0.1, -0.05) is 44.6 Å². The summed E-state index contributed by atoms with van der Waals surface area (Å²) in [5.41, 5.74) is 3.05. The van der Waals surface area contributed by atoms with Crippen molar-refractivity contribution in [2.75, 3.05) is 20.2 Å². The summed E-state index contributed by atoms with van der Waals surface area (Å²) >= 11 is 0. The molecule has 1 rings (SSSR count). The second kappa shape index (κ2) is 8.54. The van der Waals surface area contributed by atoms with Gasteiger partial charge in [-0.25, -0.2) is 4.79 Å². The summed E-state index contributed by atoms with van der Waals surface area (Å²) < 4.78 is 4.69. The Hall–Kier alpha value is -1.61. The Morgan fingerprint density at radius 2 is 1.95 bits per heavy atom. The molecule has 0 saturated heterocycles. The van der Waals surface area contributed by atoms with Crippen molar-refractivity contribution in [2.24, 2.45) is 5.92 Å². The number of nitrogens with one attached hydrogen (secondary N) is 1. The van der Waals surface area contributed by atoms with Gasteiger partial charge < -0.3 is 10.1 Å². The predicted molar refractivity (Wildman–Crippen MR) is 83.8 cm³/mol. The highest BCUT2D eigenvalue weighted by atomic mass is 16.5. The Kier molecular flexibility index (Phi) is 7.02. The molecular weight excluding hydrogens is 250 g/mol. The molecule has 110 valence electrons. The van der Waals surface area contributed by atoms with E-state index in [0.29, 0.717) is 11.5 Å². The molecule has 0 unspecified atom stereocenters. The predicted octanol–water partition coefficient (Wildman–Crippen LogP) is 3.51. The van der Waals surface area contributed by atoms with Gasteiger partial charge in [-0.05, 0) is 36.6 Å². The molecule has 1 aromatic rings. The lowest BCUT2D eigenvalue weighted by molar-refractivity contribution is 0.0601. The third kappa shape index (κ3) is 5.57. The SMILES string of the molecule is CCC(=Cc1ccc(C(=O)OC)cc1)CNCC(C)C. The summed E-state index contributed by atoms with van der Waals surface area (Å²) in [5, 5.41) is 3.45. The Morgan fingerprint density at radius 1 is 1.30 bits per heavy atom. The minimum atomic E-state index is -0.296. The lowest BCUT2D eigenvalue weighted by atomic mass is 10.1. The lowest BCUT2D eigenvalue weighted by Crippen LogP contribution is -2.21. The molecule has 0 fully saturated rings. The summed E-state index contributed by atoms with van der Waals surface area (Å²) in [4.78, 5) is 11.4. The number of ether oxygens (including phenoxy) is 1. The van der Waals surface area contributed by atoms with Crippen LogP contribution >= 0.6 is 0 Å². The van der Waals surface area contributed by atoms with E-state index in [1.165, 1.54) is 12.7 Å². The molecule has 0 aliphatic rings. The maximum atomic E-state index is 11.4. The van der Waals surface area contributed by atoms with Crippen molar-refractivity contribution < 1.29 is 9.53 Å². The molecule has 0 aliphatic heterocycles. The van der Waals surface area contributed by atoms with Gasteiger partial charge in [-0.3, -0.25) is 0 Å². The largest absolute Gasteiger partial charge is 0.465 e. The molecule has 0 aliphatic carbocycles. The quantitative estimate of drug-likeness (QED) is 0.774. The molecule has 0 amide bonds. The minimum Gasteiger partial charge on any atom is -0.465 e. The van der Waals surface area contributed by atoms with Crippen molar-refractivity contribution in [3.63, 3.8) is 0 Å². The van der Waals surface area contributed by atoms with E-state index in [9.17, 15) is 4.79 Å². The number of rotatable bonds is 7. The molecule has 3 heteroatoms. The van der Waals surface area contributed by atoms with Crippen LogP contribution in [0.4, 0.5) is 0 Å². The zero-order valence-electron chi connectivity index (χ0n) is 12.9. The first-order valence-electron chi connectivity index (χ1n) is 7.15. The topological polar surface area (TPSA) is 38.3 Å². The molecule has 20 heavy (non-hydrogen) atoms. The van der Waals surface area contributed by atoms with Crippen molar-refractivity contribution in [3.05, 3.63) is 41.0 Å². The highest BCUT2D eigenvalue weighted by Gasteiger charge is 2.04. The summed E-state index contributed by atoms with van der Waals surface area (Å²) in [7, 11) is 1.39. The Labute approximate surface area is 122 Å². The van der Waals surface area contributed by atoms with Crippen molar-refractivity contribution >= 4 is 12.0 Å². The van der Waals surface area contributed by atoms with Crippen molar-refractivity contribution in [3.8, 4) is 0 Å². The van der Waals surface area contributed by atoms with Gasteiger partial charge in [0, 0.05) is 6.54 Å². The van der Waals surface area contributed by atoms with Crippen LogP contribution in [0.2, 0.25) is 0 Å². The van der Waals surface area contributed by atoms with Gasteiger partial charge in [0.2, 0.25) is 0 Å². The molecule has 3 nitrogen and oxygen atoms in total. The van der Waals surface area contributed by atoms with Crippen LogP contribution in [-0.2, 0) is 4.74 Å². The first-order chi connectivity index (χ1) is 9.56. The Morgan fingerprint density at radius 3 is 2.45 bits per heavy atom. The number of benzene rings is 1. The highest BCUT2D eigenvalue weighted by Crippen LogP contribution is 2.11. The monoisotopic (exact) mass is 275 g/mol. The van der Waals surface area contributed by atoms with E-state index < -0.39 is 0 Å². The maximum Gasteiger partial charge on any atom is 0.337 e. The van der Waals surface area contributed by atoms with Crippen LogP contribution in [0.15, 0.2) is 29.8 Å². The van der Waals surface area contributed by atoms with Gasteiger partial charge in [0.1, 0.15) is 0 Å². The molecule has 0 radical (unpaired) electrons. The van der Waals surface area contributed by atoms with E-state index in [-0.39, 0.29) is 5.97 Å². The van der Waals surface area contributed by atoms with E-state index in [0.717, 1.165) is 25.1 Å². The molecular formula is C17H25NO2. The molecule has 0 bridgehead atoms. The van der Waals surface area contributed by atoms with Crippen molar-refractivity contribution in [1.29, 1.82) is 0 Å². The Balaban J connectivity index is 2.67. The summed E-state index contributed by atoms with van der Waals surface area (Å²) in [6, 6.07) is 7.49. The smallest absolute Gasteiger partial charge is 0.337 e. The second-order valence-corrected chi connectivity index (χ2v) is 5.29. The normalized spacial score (nSPS) is 11.8. The first-order valence-corrected chi connectivity index (χ1v) is 7.15. The average molecular weight is 275 g/mol. The van der Waals surface area contributed by atoms with Gasteiger partial charge in [0.25, 0.3) is 0 Å². The van der Waals surface area contributed by atoms with Gasteiger partial charge in [0.05, 0.1) is 12.7 Å². The lowest BCUT2D eigenvalue weighted by Gasteiger charge is -2.09. The average Bonchev–Trinajstić information content (AvgIpc) is 2.45. The van der Waals surface area contributed by atoms with E-state index in [2.05, 4.69) is 36.9 Å². The molecule has 0 atom stereocenters. The highest BCUT2D eigenvalue weighted by molar-refractivity contribution is 5.89. The van der Waals surface area contributed by atoms with E-state index >= 15 is 0 Å². The van der Waals surface area contributed by atoms with Gasteiger partial charge in [-0.2, -0.15) is 0 Å². The maximum absolute atomic E-state index is 11.4. The fraction of sp³-hybridized carbons (Fsp3) is 0.471. The third-order valence-corrected chi connectivity index (χ3v) is 3.06. The number of methoxy groups -OCH3 is 1. The Bertz CT molecular complexity index is 447. The molecule has 1 N–H and O–H groups in total. The summed E-state index contributed by atoms with van der Waals surface area (Å²) in [6.45, 7) is 8.50. The first kappa shape index (κ1) is 16.4. The zero-order chi connectivity index (χ0) is 15.0. The van der Waals surface area contributed by atoms with Gasteiger partial charge in [0.15, 0.2) is 0 Å². The van der Waals surface area contributed by atoms with E-state index in [4.69, 9.17) is 0 Å². The summed E-state index contributed by atoms with van der Waals surface area (Å²) in [5.74, 6) is 0.363. The minimum absolute atomic E-state index is 0.296. The van der Waals surface area contributed by atoms with Crippen molar-refractivity contribution in [1.82, 2.24) is 5.32 Å². The van der Waals surface area contributed by atoms with E-state index in [1.54, 1.807) is 12.1 Å². The molecule has 0 saturated carbocycles. The van der Waals surface area contributed by atoms with Crippen LogP contribution in [0.3, 0.4) is 0 Å². The zero-order valence-corrected chi connectivity index (χ0v) is 12.9. The van der Waals surface area contributed by atoms with Gasteiger partial charge >= 0.3 is 5.97 Å². The molecule has 0 spiro atoms. The van der Waals surface area contributed by atoms with E-state index in [1.807, 2.05) is 12.1 Å². The number of hydrogen-bond acceptors (Lipinski definition) is 3. The fourth-order valence-corrected chi connectivity index (χ4v) is 1.87. The van der Waals surface area contributed by atoms with Crippen LogP contribution in [0.1, 0.15) is 43.1 Å². The van der Waals surface area contributed by atoms with Crippen LogP contribution in [0.25, 0.3) is 6.08 Å². The molecule has 1 aromatic carbocycles. The van der Waals surface area contributed by atoms with Gasteiger partial charge in [-0.15, -0.1) is 0 Å². The third-order valence-electron chi connectivity index (χ3n) is 3.06. The fourth-order valence-electron chi connectivity index (χ4n) is 1.87. The number of carbonyl (C=O) groups is 1. The molecule has 0 aromatic heterocycles. The van der Waals surface area contributed by atoms with Crippen molar-refractivity contribution in [2.45, 2.75) is 27.2 Å². The van der Waals surface area contributed by atoms with Crippen LogP contribution in [0.5, 0.6) is 0 Å². The van der Waals surface area contributed by atoms with Crippen LogP contribution in [-0.4, -0.2) is 26.2 Å². The number of carbonyl (C=O) groups excluding carboxylic acids is 1. The number of esters is 1. The summed E-state index contributed by atoms with van der Waals surface area (Å²) in [6.07, 6.45) is 3.19. The number of hydrogen-bond donors (Lipinski definition) is 1. The standard InChI is InChI=1S/C17H25NO2/c1-5-14(12-18-11-13(2)3)10-15-6-8-16(9-7-15)17(19)20-4/h6-10,13,18H,5,11-12H2,1-4H3. The molecule has 0 heterocycles. The van der Waals surface area contributed by atoms with Crippen LogP contribution < -0.4 is 5.32 Å². The van der Waals surface area contributed by atoms with Crippen LogP contribution in [0, 0.1) is 5.92 Å². The second-order valence-electron chi connectivity index (χ2n) is 5.29.